The quantitative estimate of drug-likeness (QED) is 0.138. The third-order valence-electron chi connectivity index (χ3n) is 5.78. The lowest BCUT2D eigenvalue weighted by atomic mass is 10.0. The first-order chi connectivity index (χ1) is 17.5. The van der Waals surface area contributed by atoms with Crippen molar-refractivity contribution in [1.29, 1.82) is 0 Å². The fraction of sp³-hybridized carbons (Fsp3) is 0.458. The van der Waals surface area contributed by atoms with Gasteiger partial charge in [0.25, 0.3) is 0 Å². The topological polar surface area (TPSA) is 230 Å². The van der Waals surface area contributed by atoms with Crippen molar-refractivity contribution in [2.24, 2.45) is 11.5 Å². The number of H-pyrrole nitrogens is 1. The molecule has 1 aromatic carbocycles. The Morgan fingerprint density at radius 2 is 1.62 bits per heavy atom. The minimum Gasteiger partial charge on any atom is -0.481 e. The minimum absolute atomic E-state index is 0.228. The van der Waals surface area contributed by atoms with Gasteiger partial charge < -0.3 is 42.6 Å². The molecule has 1 heterocycles. The average molecular weight is 519 g/mol. The Hall–Kier alpha value is -3.97. The van der Waals surface area contributed by atoms with Crippen molar-refractivity contribution >= 4 is 40.6 Å². The second-order valence-corrected chi connectivity index (χ2v) is 8.74. The summed E-state index contributed by atoms with van der Waals surface area (Å²) in [5, 5.41) is 26.0. The molecule has 2 rings (SSSR count). The van der Waals surface area contributed by atoms with E-state index in [1.54, 1.807) is 6.20 Å². The van der Waals surface area contributed by atoms with E-state index >= 15 is 0 Å². The number of amides is 3. The van der Waals surface area contributed by atoms with Crippen LogP contribution in [0.3, 0.4) is 0 Å². The number of aromatic nitrogens is 1. The van der Waals surface area contributed by atoms with Crippen molar-refractivity contribution in [3.05, 3.63) is 36.0 Å². The van der Waals surface area contributed by atoms with E-state index in [1.165, 1.54) is 6.92 Å². The molecule has 0 aliphatic carbocycles. The van der Waals surface area contributed by atoms with Crippen LogP contribution < -0.4 is 27.4 Å². The highest BCUT2D eigenvalue weighted by Gasteiger charge is 2.29. The molecular formula is C24H34N6O7. The minimum atomic E-state index is -1.66. The molecule has 0 bridgehead atoms. The number of unbranched alkanes of at least 4 members (excludes halogenated alkanes) is 1. The highest BCUT2D eigenvalue weighted by molar-refractivity contribution is 5.94. The van der Waals surface area contributed by atoms with Gasteiger partial charge in [0.15, 0.2) is 0 Å². The van der Waals surface area contributed by atoms with E-state index in [2.05, 4.69) is 20.9 Å². The van der Waals surface area contributed by atoms with Crippen LogP contribution in [0.25, 0.3) is 10.9 Å². The molecule has 1 aromatic heterocycles. The van der Waals surface area contributed by atoms with Crippen LogP contribution in [0.1, 0.15) is 38.2 Å². The molecule has 0 aliphatic rings. The second kappa shape index (κ2) is 13.9. The van der Waals surface area contributed by atoms with Gasteiger partial charge in [-0.15, -0.1) is 0 Å². The summed E-state index contributed by atoms with van der Waals surface area (Å²) in [5.74, 6) is -5.04. The van der Waals surface area contributed by atoms with Gasteiger partial charge in [0.1, 0.15) is 18.1 Å². The van der Waals surface area contributed by atoms with Gasteiger partial charge in [-0.05, 0) is 50.8 Å². The van der Waals surface area contributed by atoms with Gasteiger partial charge >= 0.3 is 11.9 Å². The van der Waals surface area contributed by atoms with Crippen LogP contribution in [0.4, 0.5) is 0 Å². The number of carbonyl (C=O) groups excluding carboxylic acids is 3. The van der Waals surface area contributed by atoms with Gasteiger partial charge in [0.05, 0.1) is 12.5 Å². The van der Waals surface area contributed by atoms with Gasteiger partial charge in [-0.2, -0.15) is 0 Å². The number of carbonyl (C=O) groups is 5. The Labute approximate surface area is 213 Å². The van der Waals surface area contributed by atoms with Crippen molar-refractivity contribution in [2.75, 3.05) is 6.54 Å². The number of hydrogen-bond acceptors (Lipinski definition) is 7. The van der Waals surface area contributed by atoms with Gasteiger partial charge in [0, 0.05) is 17.1 Å². The van der Waals surface area contributed by atoms with Crippen LogP contribution in [-0.2, 0) is 30.4 Å². The van der Waals surface area contributed by atoms with Crippen LogP contribution in [0.5, 0.6) is 0 Å². The number of fused-ring (bicyclic) bond motifs is 1. The first-order valence-electron chi connectivity index (χ1n) is 11.9. The number of nitrogens with two attached hydrogens (primary N) is 2. The van der Waals surface area contributed by atoms with E-state index in [0.29, 0.717) is 19.4 Å². The summed E-state index contributed by atoms with van der Waals surface area (Å²) in [4.78, 5) is 63.3. The Morgan fingerprint density at radius 3 is 2.27 bits per heavy atom. The maximum Gasteiger partial charge on any atom is 0.326 e. The van der Waals surface area contributed by atoms with Crippen molar-refractivity contribution in [1.82, 2.24) is 20.9 Å². The van der Waals surface area contributed by atoms with E-state index < -0.39 is 60.2 Å². The summed E-state index contributed by atoms with van der Waals surface area (Å²) in [5.41, 5.74) is 13.4. The standard InChI is InChI=1S/C24H34N6O7/c1-13(21(33)30-19(24(36)37)11-20(31)32)28-23(35)18(8-4-5-9-25)29-22(34)16(26)10-14-12-27-17-7-3-2-6-15(14)17/h2-3,6-7,12-13,16,18-19,27H,4-5,8-11,25-26H2,1H3,(H,28,35)(H,29,34)(H,30,33)(H,31,32)(H,36,37). The lowest BCUT2D eigenvalue weighted by Gasteiger charge is -2.23. The molecule has 0 saturated carbocycles. The zero-order valence-corrected chi connectivity index (χ0v) is 20.5. The van der Waals surface area contributed by atoms with E-state index in [1.807, 2.05) is 24.3 Å². The summed E-state index contributed by atoms with van der Waals surface area (Å²) in [6.45, 7) is 1.70. The Morgan fingerprint density at radius 1 is 0.946 bits per heavy atom. The fourth-order valence-corrected chi connectivity index (χ4v) is 3.72. The molecule has 2 aromatic rings. The zero-order chi connectivity index (χ0) is 27.5. The number of nitrogens with one attached hydrogen (secondary N) is 4. The zero-order valence-electron chi connectivity index (χ0n) is 20.5. The second-order valence-electron chi connectivity index (χ2n) is 8.74. The van der Waals surface area contributed by atoms with Crippen LogP contribution in [0, 0.1) is 0 Å². The molecule has 3 amide bonds. The molecule has 202 valence electrons. The molecule has 10 N–H and O–H groups in total. The third-order valence-corrected chi connectivity index (χ3v) is 5.78. The summed E-state index contributed by atoms with van der Waals surface area (Å²) in [6.07, 6.45) is 2.54. The van der Waals surface area contributed by atoms with Crippen molar-refractivity contribution in [2.45, 2.75) is 63.2 Å². The van der Waals surface area contributed by atoms with Crippen molar-refractivity contribution in [3.8, 4) is 0 Å². The van der Waals surface area contributed by atoms with Crippen molar-refractivity contribution < 1.29 is 34.2 Å². The van der Waals surface area contributed by atoms with Crippen LogP contribution in [-0.4, -0.2) is 75.6 Å². The van der Waals surface area contributed by atoms with Crippen molar-refractivity contribution in [3.63, 3.8) is 0 Å². The van der Waals surface area contributed by atoms with Crippen LogP contribution in [0.2, 0.25) is 0 Å². The third kappa shape index (κ3) is 8.88. The fourth-order valence-electron chi connectivity index (χ4n) is 3.72. The van der Waals surface area contributed by atoms with E-state index in [4.69, 9.17) is 21.7 Å². The SMILES string of the molecule is CC(NC(=O)C(CCCCN)NC(=O)C(N)Cc1c[nH]c2ccccc12)C(=O)NC(CC(=O)O)C(=O)O. The van der Waals surface area contributed by atoms with Crippen LogP contribution >= 0.6 is 0 Å². The molecular weight excluding hydrogens is 484 g/mol. The highest BCUT2D eigenvalue weighted by Crippen LogP contribution is 2.18. The van der Waals surface area contributed by atoms with Crippen LogP contribution in [0.15, 0.2) is 30.5 Å². The normalized spacial score (nSPS) is 14.2. The van der Waals surface area contributed by atoms with Gasteiger partial charge in [-0.25, -0.2) is 4.79 Å². The molecule has 0 radical (unpaired) electrons. The van der Waals surface area contributed by atoms with E-state index in [9.17, 15) is 24.0 Å². The Bertz CT molecular complexity index is 1120. The maximum absolute atomic E-state index is 12.9. The maximum atomic E-state index is 12.9. The number of aliphatic carboxylic acids is 2. The monoisotopic (exact) mass is 518 g/mol. The average Bonchev–Trinajstić information content (AvgIpc) is 3.25. The molecule has 0 spiro atoms. The van der Waals surface area contributed by atoms with E-state index in [0.717, 1.165) is 16.5 Å². The molecule has 37 heavy (non-hydrogen) atoms. The Kier molecular flexibility index (Phi) is 11.0. The summed E-state index contributed by atoms with van der Waals surface area (Å²) in [6, 6.07) is 2.75. The number of carboxylic acid groups (broad SMARTS) is 2. The number of carboxylic acids is 2. The van der Waals surface area contributed by atoms with E-state index in [-0.39, 0.29) is 12.8 Å². The predicted octanol–water partition coefficient (Wildman–Crippen LogP) is -0.800. The first kappa shape index (κ1) is 29.3. The number of benzene rings is 1. The molecule has 4 unspecified atom stereocenters. The Balaban J connectivity index is 2.02. The largest absolute Gasteiger partial charge is 0.481 e. The number of aromatic amines is 1. The van der Waals surface area contributed by atoms with Gasteiger partial charge in [-0.3, -0.25) is 19.2 Å². The number of hydrogen-bond donors (Lipinski definition) is 8. The molecule has 13 nitrogen and oxygen atoms in total. The molecule has 0 fully saturated rings. The van der Waals surface area contributed by atoms with Gasteiger partial charge in [-0.1, -0.05) is 18.2 Å². The number of rotatable bonds is 15. The lowest BCUT2D eigenvalue weighted by Crippen LogP contribution is -2.56. The van der Waals surface area contributed by atoms with Gasteiger partial charge in [0.2, 0.25) is 17.7 Å². The molecule has 13 heteroatoms. The summed E-state index contributed by atoms with van der Waals surface area (Å²) >= 11 is 0. The highest BCUT2D eigenvalue weighted by atomic mass is 16.4. The molecule has 0 saturated heterocycles. The first-order valence-corrected chi connectivity index (χ1v) is 11.9. The lowest BCUT2D eigenvalue weighted by molar-refractivity contribution is -0.147. The number of para-hydroxylation sites is 1. The molecule has 4 atom stereocenters. The molecule has 0 aliphatic heterocycles. The summed E-state index contributed by atoms with van der Waals surface area (Å²) in [7, 11) is 0. The smallest absolute Gasteiger partial charge is 0.326 e. The summed E-state index contributed by atoms with van der Waals surface area (Å²) < 4.78 is 0. The predicted molar refractivity (Wildman–Crippen MR) is 134 cm³/mol.